The van der Waals surface area contributed by atoms with Crippen LogP contribution in [0, 0.1) is 0 Å². The number of aliphatic hydroxyl groups excluding tert-OH is 1. The van der Waals surface area contributed by atoms with Crippen molar-refractivity contribution >= 4 is 59.7 Å². The van der Waals surface area contributed by atoms with Crippen LogP contribution >= 0.6 is 0 Å². The van der Waals surface area contributed by atoms with Gasteiger partial charge in [0.1, 0.15) is 19.3 Å². The van der Waals surface area contributed by atoms with Gasteiger partial charge >= 0.3 is 59.7 Å². The number of rotatable bonds is 7. The van der Waals surface area contributed by atoms with Crippen LogP contribution in [0.25, 0.3) is 44.5 Å². The molecule has 0 amide bonds. The Morgan fingerprint density at radius 2 is 0.489 bits per heavy atom. The van der Waals surface area contributed by atoms with Crippen molar-refractivity contribution in [2.75, 3.05) is 13.2 Å². The Labute approximate surface area is 728 Å². The number of cyclic esters (lactones) is 5. The molecule has 31 N–H and O–H groups in total. The Morgan fingerprint density at radius 3 is 0.850 bits per heavy atom. The van der Waals surface area contributed by atoms with E-state index >= 15 is 33.6 Å². The van der Waals surface area contributed by atoms with Crippen LogP contribution in [0.3, 0.4) is 0 Å². The minimum absolute atomic E-state index is 0.0815. The maximum atomic E-state index is 16.6. The third-order valence-electron chi connectivity index (χ3n) is 22.3. The first-order valence-corrected chi connectivity index (χ1v) is 37.1. The van der Waals surface area contributed by atoms with Crippen molar-refractivity contribution in [3.8, 4) is 217 Å². The number of carbonyl (C=O) groups is 10. The van der Waals surface area contributed by atoms with E-state index in [2.05, 4.69) is 0 Å². The Hall–Kier alpha value is -19.1. The summed E-state index contributed by atoms with van der Waals surface area (Å²) < 4.78 is 58.1. The average molecular weight is 1860 g/mol. The van der Waals surface area contributed by atoms with Gasteiger partial charge in [-0.05, 0) is 54.6 Å². The fraction of sp³-hybridized carbons (Fsp3) is 0.146. The van der Waals surface area contributed by atoms with Crippen LogP contribution in [0.1, 0.15) is 132 Å². The number of aromatic hydroxyl groups is 30. The molecule has 7 heterocycles. The second-order valence-electron chi connectivity index (χ2n) is 29.7. The highest BCUT2D eigenvalue weighted by Gasteiger charge is 2.60. The van der Waals surface area contributed by atoms with E-state index in [1.807, 2.05) is 0 Å². The number of hydrogen-bond acceptors (Lipinski definition) is 51. The molecule has 10 aromatic rings. The third kappa shape index (κ3) is 13.0. The minimum atomic E-state index is -3.57. The maximum Gasteiger partial charge on any atom is 0.339 e. The van der Waals surface area contributed by atoms with Gasteiger partial charge in [-0.1, -0.05) is 0 Å². The fourth-order valence-electron chi connectivity index (χ4n) is 16.2. The van der Waals surface area contributed by atoms with E-state index in [-0.39, 0.29) is 42.5 Å². The molecule has 51 nitrogen and oxygen atoms in total. The van der Waals surface area contributed by atoms with Crippen molar-refractivity contribution < 1.29 is 254 Å². The quantitative estimate of drug-likeness (QED) is 0.0619. The second-order valence-corrected chi connectivity index (χ2v) is 29.7. The Bertz CT molecular complexity index is 7020. The Kier molecular flexibility index (Phi) is 20.1. The van der Waals surface area contributed by atoms with Gasteiger partial charge in [0.15, 0.2) is 170 Å². The summed E-state index contributed by atoms with van der Waals surface area (Å²) in [5.74, 6) is -77.7. The zero-order valence-electron chi connectivity index (χ0n) is 64.9. The lowest BCUT2D eigenvalue weighted by atomic mass is 9.73. The number of phenols is 30. The largest absolute Gasteiger partial charge is 0.504 e. The number of ether oxygens (including phenoxy) is 10. The number of esters is 10. The number of hydrogen-bond donors (Lipinski definition) is 31. The van der Waals surface area contributed by atoms with E-state index in [0.717, 1.165) is 0 Å². The summed E-state index contributed by atoms with van der Waals surface area (Å²) in [6.45, 7) is -4.07. The first kappa shape index (κ1) is 87.3. The molecule has 10 atom stereocenters. The summed E-state index contributed by atoms with van der Waals surface area (Å²) in [6, 6.07) is 1.42. The molecule has 3 unspecified atom stereocenters. The van der Waals surface area contributed by atoms with Crippen molar-refractivity contribution in [1.29, 1.82) is 0 Å². The number of phenolic OH excluding ortho intramolecular Hbond substituents is 30. The molecule has 17 rings (SSSR count). The highest BCUT2D eigenvalue weighted by Crippen LogP contribution is 2.64. The summed E-state index contributed by atoms with van der Waals surface area (Å²) >= 11 is 0. The second kappa shape index (κ2) is 30.6. The zero-order valence-corrected chi connectivity index (χ0v) is 64.9. The van der Waals surface area contributed by atoms with Gasteiger partial charge in [-0.3, -0.25) is 0 Å². The lowest BCUT2D eigenvalue weighted by Crippen LogP contribution is -2.56. The maximum absolute atomic E-state index is 16.6. The van der Waals surface area contributed by atoms with Crippen molar-refractivity contribution in [2.24, 2.45) is 0 Å². The topological polar surface area (TPSA) is 890 Å². The van der Waals surface area contributed by atoms with Crippen molar-refractivity contribution in [3.05, 3.63) is 127 Å². The van der Waals surface area contributed by atoms with Gasteiger partial charge in [0, 0.05) is 61.2 Å². The van der Waals surface area contributed by atoms with E-state index < -0.39 is 423 Å². The van der Waals surface area contributed by atoms with Gasteiger partial charge in [0.05, 0.1) is 61.6 Å². The molecule has 7 aliphatic rings. The molecule has 6 bridgehead atoms. The van der Waals surface area contributed by atoms with Crippen LogP contribution in [0.5, 0.6) is 172 Å². The van der Waals surface area contributed by atoms with Gasteiger partial charge in [-0.15, -0.1) is 0 Å². The summed E-state index contributed by atoms with van der Waals surface area (Å²) in [5.41, 5.74) is -31.9. The molecule has 7 aliphatic heterocycles. The van der Waals surface area contributed by atoms with Gasteiger partial charge < -0.3 is 206 Å². The molecule has 688 valence electrons. The molecular formula is C82H54O51. The first-order valence-electron chi connectivity index (χ1n) is 37.1. The van der Waals surface area contributed by atoms with Gasteiger partial charge in [-0.25, -0.2) is 47.9 Å². The van der Waals surface area contributed by atoms with E-state index in [9.17, 15) is 173 Å². The van der Waals surface area contributed by atoms with Gasteiger partial charge in [-0.2, -0.15) is 0 Å². The normalized spacial score (nSPS) is 20.1. The molecule has 0 aromatic heterocycles. The molecule has 51 heteroatoms. The highest BCUT2D eigenvalue weighted by molar-refractivity contribution is 6.15. The zero-order chi connectivity index (χ0) is 96.8. The SMILES string of the molecule is O=C(O[C@@H]1COC(=O)c2cc(O)c(O)c(O)c2-c2c(cc(O)c(O)c2O)C(=O)OC1C1OC(=O)c2cc(O)c(O)c(O)c2-c2c(O)c(O)c(O)c3c2C(=O)OC1[C@H]3c1c(C(=O)O[C@@H]2COC(=O)c3cc(O)c(O)c(O)c3-c3c(cc(O)c(O)c3O)C(=O)O[C@H]2[C@@H]2OC(=O)c3cc(O)c(O)c(O)c3-c3c(O)c(O)c(O)c4c3C(=O)O[C@H]2[C@@H]4O)cc(O)c(O)c1O)c1cc(O)c(O)c(O)c1. The molecular weight excluding hydrogens is 1800 g/mol. The van der Waals surface area contributed by atoms with Crippen LogP contribution < -0.4 is 0 Å². The van der Waals surface area contributed by atoms with Crippen LogP contribution in [0.2, 0.25) is 0 Å². The number of benzene rings is 10. The first-order chi connectivity index (χ1) is 62.5. The molecule has 0 radical (unpaired) electrons. The predicted octanol–water partition coefficient (Wildman–Crippen LogP) is 3.09. The van der Waals surface area contributed by atoms with Crippen LogP contribution in [0.15, 0.2) is 54.6 Å². The number of carbonyl (C=O) groups excluding carboxylic acids is 10. The van der Waals surface area contributed by atoms with Crippen LogP contribution in [-0.4, -0.2) is 280 Å². The molecule has 0 saturated carbocycles. The summed E-state index contributed by atoms with van der Waals surface area (Å²) in [7, 11) is 0. The average Bonchev–Trinajstić information content (AvgIpc) is 0.801. The summed E-state index contributed by atoms with van der Waals surface area (Å²) in [5, 5.41) is 356. The van der Waals surface area contributed by atoms with E-state index in [1.165, 1.54) is 0 Å². The van der Waals surface area contributed by atoms with Crippen molar-refractivity contribution in [3.63, 3.8) is 0 Å². The predicted molar refractivity (Wildman–Crippen MR) is 411 cm³/mol. The van der Waals surface area contributed by atoms with Crippen LogP contribution in [0.4, 0.5) is 0 Å². The minimum Gasteiger partial charge on any atom is -0.504 e. The lowest BCUT2D eigenvalue weighted by Gasteiger charge is -2.43. The van der Waals surface area contributed by atoms with E-state index in [1.54, 1.807) is 0 Å². The molecule has 0 aliphatic carbocycles. The monoisotopic (exact) mass is 1850 g/mol. The van der Waals surface area contributed by atoms with Crippen molar-refractivity contribution in [2.45, 2.75) is 60.9 Å². The highest BCUT2D eigenvalue weighted by atomic mass is 16.7. The molecule has 0 spiro atoms. The van der Waals surface area contributed by atoms with Gasteiger partial charge in [0.2, 0.25) is 51.7 Å². The summed E-state index contributed by atoms with van der Waals surface area (Å²) in [6.07, 6.45) is -30.1. The molecule has 10 aromatic carbocycles. The van der Waals surface area contributed by atoms with Crippen LogP contribution in [-0.2, 0) is 47.4 Å². The lowest BCUT2D eigenvalue weighted by molar-refractivity contribution is -0.154. The third-order valence-corrected chi connectivity index (χ3v) is 22.3. The summed E-state index contributed by atoms with van der Waals surface area (Å²) in [4.78, 5) is 155. The fourth-order valence-corrected chi connectivity index (χ4v) is 16.2. The molecule has 133 heavy (non-hydrogen) atoms. The number of aliphatic hydroxyl groups is 1. The van der Waals surface area contributed by atoms with Gasteiger partial charge in [0.25, 0.3) is 0 Å². The Morgan fingerprint density at radius 1 is 0.233 bits per heavy atom. The molecule has 0 saturated heterocycles. The number of fused-ring (bicyclic) bond motifs is 13. The Balaban J connectivity index is 0.976. The smallest absolute Gasteiger partial charge is 0.339 e. The standard InChI is InChI=1S/C82H54O51/c83-20-1-12(2-21(84)45(20)92)73(114)126-29-10-124-74(115)13-3-22(85)46(93)53(100)31(13)33-15(5-24(87)48(95)55(33)102)77(118)128-67(29)71-69-41(40-42(81(122)130-69)38(60(107)65(112)62(40)109)35-17(79(120)132-71)7-26(89)50(97)57(35)104)37-19(9-28(91)52(99)59(37)106)76(117)127-30-11-125-75(116)14-4-23(86)47(94)54(101)32(14)34-16(6-25(88)49(96)56(34)103)78(119)129-68(30)72-70-64(111)44-43(82(123)131-70)39(61(108)66(113)63(44)110)36-18(80(121)133-72)8-27(90)51(98)58(36)105/h1-9,29-30,41,64,67-72,83-113H,10-11H2/t29-,30-,41+,64-,67?,68-,69?,70+,71?,72+/m1/s1. The van der Waals surface area contributed by atoms with Crippen molar-refractivity contribution in [1.82, 2.24) is 0 Å². The van der Waals surface area contributed by atoms with E-state index in [0.29, 0.717) is 12.1 Å². The molecule has 0 fully saturated rings. The van der Waals surface area contributed by atoms with E-state index in [4.69, 9.17) is 47.4 Å².